The van der Waals surface area contributed by atoms with E-state index < -0.39 is 16.2 Å². The van der Waals surface area contributed by atoms with Crippen molar-refractivity contribution >= 4 is 34.4 Å². The standard InChI is InChI=1S/C13H12N4O6S/c1-6(18)14-13-15-16(7(2)19)12(24-13)8-3-10-11(23-5-22-10)4-9(8)17(20)21/h3-4,12H,5H2,1-2H3,(H,14,15,18). The summed E-state index contributed by atoms with van der Waals surface area (Å²) in [5.74, 6) is -0.149. The summed E-state index contributed by atoms with van der Waals surface area (Å²) in [4.78, 5) is 33.9. The summed E-state index contributed by atoms with van der Waals surface area (Å²) in [5.41, 5.74) is 0.0100. The van der Waals surface area contributed by atoms with E-state index in [1.165, 1.54) is 26.0 Å². The summed E-state index contributed by atoms with van der Waals surface area (Å²) in [6.07, 6.45) is 0. The van der Waals surface area contributed by atoms with Crippen molar-refractivity contribution in [2.24, 2.45) is 5.10 Å². The number of ether oxygens (including phenoxy) is 2. The molecule has 1 atom stereocenters. The molecular weight excluding hydrogens is 340 g/mol. The summed E-state index contributed by atoms with van der Waals surface area (Å²) in [5, 5.41) is 18.4. The summed E-state index contributed by atoms with van der Waals surface area (Å²) in [6, 6.07) is 2.72. The van der Waals surface area contributed by atoms with Crippen LogP contribution in [0.15, 0.2) is 17.2 Å². The molecule has 24 heavy (non-hydrogen) atoms. The van der Waals surface area contributed by atoms with Crippen molar-refractivity contribution in [2.45, 2.75) is 19.2 Å². The third-order valence-corrected chi connectivity index (χ3v) is 4.32. The molecule has 1 aromatic rings. The van der Waals surface area contributed by atoms with Gasteiger partial charge in [0.2, 0.25) is 18.6 Å². The number of nitro groups is 1. The van der Waals surface area contributed by atoms with Crippen molar-refractivity contribution in [1.29, 1.82) is 0 Å². The number of benzene rings is 1. The summed E-state index contributed by atoms with van der Waals surface area (Å²) >= 11 is 1.03. The average molecular weight is 352 g/mol. The van der Waals surface area contributed by atoms with Crippen LogP contribution in [-0.4, -0.2) is 33.7 Å². The van der Waals surface area contributed by atoms with Crippen molar-refractivity contribution in [1.82, 2.24) is 10.3 Å². The molecule has 1 unspecified atom stereocenters. The van der Waals surface area contributed by atoms with E-state index in [2.05, 4.69) is 10.4 Å². The van der Waals surface area contributed by atoms with Crippen molar-refractivity contribution < 1.29 is 24.0 Å². The molecule has 2 heterocycles. The van der Waals surface area contributed by atoms with Crippen LogP contribution in [0.2, 0.25) is 0 Å². The van der Waals surface area contributed by atoms with Gasteiger partial charge in [-0.3, -0.25) is 19.7 Å². The molecule has 11 heteroatoms. The number of thioether (sulfide) groups is 1. The molecule has 3 rings (SSSR count). The van der Waals surface area contributed by atoms with Crippen LogP contribution in [0.4, 0.5) is 5.69 Å². The minimum atomic E-state index is -0.792. The second kappa shape index (κ2) is 6.00. The van der Waals surface area contributed by atoms with Crippen LogP contribution in [0.3, 0.4) is 0 Å². The monoisotopic (exact) mass is 352 g/mol. The number of amidine groups is 1. The minimum Gasteiger partial charge on any atom is -0.454 e. The van der Waals surface area contributed by atoms with Crippen LogP contribution in [0.25, 0.3) is 0 Å². The SMILES string of the molecule is CC(=O)NC1=NN(C(C)=O)C(c2cc3c(cc2[N+](=O)[O-])OCO3)S1. The van der Waals surface area contributed by atoms with E-state index in [1.807, 2.05) is 0 Å². The molecule has 2 amide bonds. The zero-order valence-corrected chi connectivity index (χ0v) is 13.5. The van der Waals surface area contributed by atoms with E-state index in [1.54, 1.807) is 0 Å². The Labute approximate surface area is 139 Å². The average Bonchev–Trinajstić information content (AvgIpc) is 3.10. The maximum Gasteiger partial charge on any atom is 0.279 e. The lowest BCUT2D eigenvalue weighted by atomic mass is 10.1. The Hall–Kier alpha value is -2.82. The molecule has 0 saturated heterocycles. The van der Waals surface area contributed by atoms with E-state index in [-0.39, 0.29) is 34.9 Å². The lowest BCUT2D eigenvalue weighted by Gasteiger charge is -2.19. The van der Waals surface area contributed by atoms with Crippen LogP contribution in [0, 0.1) is 10.1 Å². The number of carbonyl (C=O) groups excluding carboxylic acids is 2. The Bertz CT molecular complexity index is 780. The van der Waals surface area contributed by atoms with Gasteiger partial charge >= 0.3 is 0 Å². The summed E-state index contributed by atoms with van der Waals surface area (Å²) < 4.78 is 10.4. The maximum absolute atomic E-state index is 11.8. The second-order valence-corrected chi connectivity index (χ2v) is 6.01. The third-order valence-electron chi connectivity index (χ3n) is 3.23. The first-order valence-electron chi connectivity index (χ1n) is 6.77. The topological polar surface area (TPSA) is 123 Å². The van der Waals surface area contributed by atoms with Gasteiger partial charge in [0.25, 0.3) is 5.69 Å². The van der Waals surface area contributed by atoms with E-state index in [4.69, 9.17) is 9.47 Å². The van der Waals surface area contributed by atoms with E-state index >= 15 is 0 Å². The number of rotatable bonds is 2. The van der Waals surface area contributed by atoms with Gasteiger partial charge in [0, 0.05) is 13.8 Å². The Morgan fingerprint density at radius 2 is 2.04 bits per heavy atom. The number of nitrogens with one attached hydrogen (secondary N) is 1. The fraction of sp³-hybridized carbons (Fsp3) is 0.308. The number of hydrazone groups is 1. The molecule has 0 fully saturated rings. The molecule has 0 radical (unpaired) electrons. The van der Waals surface area contributed by atoms with Crippen LogP contribution < -0.4 is 14.8 Å². The Morgan fingerprint density at radius 3 is 2.62 bits per heavy atom. The van der Waals surface area contributed by atoms with E-state index in [9.17, 15) is 19.7 Å². The third kappa shape index (κ3) is 2.85. The molecule has 0 aliphatic carbocycles. The quantitative estimate of drug-likeness (QED) is 0.629. The van der Waals surface area contributed by atoms with E-state index in [0.717, 1.165) is 16.8 Å². The maximum atomic E-state index is 11.8. The Kier molecular flexibility index (Phi) is 4.01. The fourth-order valence-corrected chi connectivity index (χ4v) is 3.43. The molecule has 0 aromatic heterocycles. The van der Waals surface area contributed by atoms with Gasteiger partial charge in [0.1, 0.15) is 5.37 Å². The largest absolute Gasteiger partial charge is 0.454 e. The fourth-order valence-electron chi connectivity index (χ4n) is 2.27. The van der Waals surface area contributed by atoms with Gasteiger partial charge in [-0.15, -0.1) is 5.10 Å². The molecule has 2 aliphatic heterocycles. The molecular formula is C13H12N4O6S. The second-order valence-electron chi connectivity index (χ2n) is 4.94. The molecule has 1 aromatic carbocycles. The minimum absolute atomic E-state index is 0.0299. The van der Waals surface area contributed by atoms with Crippen LogP contribution in [0.5, 0.6) is 11.5 Å². The van der Waals surface area contributed by atoms with Gasteiger partial charge < -0.3 is 14.8 Å². The summed E-state index contributed by atoms with van der Waals surface area (Å²) in [6.45, 7) is 2.56. The first-order chi connectivity index (χ1) is 11.4. The first kappa shape index (κ1) is 16.1. The normalized spacial score (nSPS) is 18.3. The highest BCUT2D eigenvalue weighted by molar-refractivity contribution is 8.14. The van der Waals surface area contributed by atoms with Crippen LogP contribution in [-0.2, 0) is 9.59 Å². The number of hydrogen-bond donors (Lipinski definition) is 1. The predicted octanol–water partition coefficient (Wildman–Crippen LogP) is 1.32. The molecule has 0 bridgehead atoms. The number of amides is 2. The molecule has 10 nitrogen and oxygen atoms in total. The van der Waals surface area contributed by atoms with Gasteiger partial charge in [-0.1, -0.05) is 11.8 Å². The highest BCUT2D eigenvalue weighted by Gasteiger charge is 2.38. The highest BCUT2D eigenvalue weighted by atomic mass is 32.2. The highest BCUT2D eigenvalue weighted by Crippen LogP contribution is 2.47. The van der Waals surface area contributed by atoms with Crippen LogP contribution >= 0.6 is 11.8 Å². The molecule has 126 valence electrons. The molecule has 0 saturated carbocycles. The molecule has 2 aliphatic rings. The van der Waals surface area contributed by atoms with E-state index in [0.29, 0.717) is 5.75 Å². The Balaban J connectivity index is 2.03. The number of nitrogens with zero attached hydrogens (tertiary/aromatic N) is 3. The van der Waals surface area contributed by atoms with Gasteiger partial charge in [-0.25, -0.2) is 5.01 Å². The van der Waals surface area contributed by atoms with Crippen molar-refractivity contribution in [3.05, 3.63) is 27.8 Å². The van der Waals surface area contributed by atoms with Crippen LogP contribution in [0.1, 0.15) is 24.8 Å². The van der Waals surface area contributed by atoms with Crippen molar-refractivity contribution in [3.8, 4) is 11.5 Å². The molecule has 1 N–H and O–H groups in total. The van der Waals surface area contributed by atoms with Gasteiger partial charge in [0.15, 0.2) is 16.7 Å². The summed E-state index contributed by atoms with van der Waals surface area (Å²) in [7, 11) is 0. The Morgan fingerprint density at radius 1 is 1.38 bits per heavy atom. The zero-order valence-electron chi connectivity index (χ0n) is 12.6. The number of nitro benzene ring substituents is 1. The lowest BCUT2D eigenvalue weighted by molar-refractivity contribution is -0.385. The number of hydrogen-bond acceptors (Lipinski definition) is 8. The number of carbonyl (C=O) groups is 2. The van der Waals surface area contributed by atoms with Crippen molar-refractivity contribution in [2.75, 3.05) is 6.79 Å². The lowest BCUT2D eigenvalue weighted by Crippen LogP contribution is -2.25. The molecule has 0 spiro atoms. The first-order valence-corrected chi connectivity index (χ1v) is 7.65. The van der Waals surface area contributed by atoms with Gasteiger partial charge in [0.05, 0.1) is 16.6 Å². The van der Waals surface area contributed by atoms with Gasteiger partial charge in [-0.05, 0) is 6.07 Å². The smallest absolute Gasteiger partial charge is 0.279 e. The predicted molar refractivity (Wildman–Crippen MR) is 83.3 cm³/mol. The number of fused-ring (bicyclic) bond motifs is 1. The van der Waals surface area contributed by atoms with Crippen molar-refractivity contribution in [3.63, 3.8) is 0 Å². The van der Waals surface area contributed by atoms with Gasteiger partial charge in [-0.2, -0.15) is 0 Å². The zero-order chi connectivity index (χ0) is 17.4.